The number of hydrogen-bond donors (Lipinski definition) is 3. The molecule has 0 saturated carbocycles. The number of hydrogen-bond acceptors (Lipinski definition) is 3. The molecule has 2 unspecified atom stereocenters. The lowest BCUT2D eigenvalue weighted by atomic mass is 10.0. The molecule has 0 aromatic rings. The Labute approximate surface area is 230 Å². The molecule has 37 heavy (non-hydrogen) atoms. The number of allylic oxidation sites excluding steroid dienone is 3. The van der Waals surface area contributed by atoms with E-state index in [1.54, 1.807) is 6.08 Å². The smallest absolute Gasteiger partial charge is 0.220 e. The fraction of sp³-hybridized carbons (Fsp3) is 0.848. The summed E-state index contributed by atoms with van der Waals surface area (Å²) in [5.41, 5.74) is 0. The van der Waals surface area contributed by atoms with E-state index >= 15 is 0 Å². The summed E-state index contributed by atoms with van der Waals surface area (Å²) in [6, 6.07) is -0.620. The van der Waals surface area contributed by atoms with Gasteiger partial charge in [0.05, 0.1) is 18.8 Å². The Kier molecular flexibility index (Phi) is 28.5. The average molecular weight is 522 g/mol. The van der Waals surface area contributed by atoms with Crippen molar-refractivity contribution < 1.29 is 15.0 Å². The topological polar surface area (TPSA) is 69.6 Å². The van der Waals surface area contributed by atoms with Crippen LogP contribution in [0.25, 0.3) is 0 Å². The number of carbonyl (C=O) groups is 1. The van der Waals surface area contributed by atoms with Gasteiger partial charge < -0.3 is 15.5 Å². The summed E-state index contributed by atoms with van der Waals surface area (Å²) in [7, 11) is 0. The van der Waals surface area contributed by atoms with Crippen molar-refractivity contribution in [1.29, 1.82) is 0 Å². The van der Waals surface area contributed by atoms with Crippen molar-refractivity contribution in [3.05, 3.63) is 24.3 Å². The van der Waals surface area contributed by atoms with Gasteiger partial charge in [0.25, 0.3) is 0 Å². The molecule has 0 aromatic carbocycles. The van der Waals surface area contributed by atoms with Gasteiger partial charge in [0.1, 0.15) is 0 Å². The van der Waals surface area contributed by atoms with E-state index in [9.17, 15) is 15.0 Å². The minimum absolute atomic E-state index is 0.0782. The van der Waals surface area contributed by atoms with Crippen LogP contribution in [0.2, 0.25) is 0 Å². The summed E-state index contributed by atoms with van der Waals surface area (Å²) in [6.07, 6.45) is 35.4. The van der Waals surface area contributed by atoms with Crippen LogP contribution in [0.5, 0.6) is 0 Å². The predicted octanol–water partition coefficient (Wildman–Crippen LogP) is 8.95. The number of nitrogens with one attached hydrogen (secondary N) is 1. The molecule has 0 radical (unpaired) electrons. The summed E-state index contributed by atoms with van der Waals surface area (Å²) in [5.74, 6) is -0.0782. The molecule has 4 heteroatoms. The lowest BCUT2D eigenvalue weighted by Crippen LogP contribution is -2.45. The highest BCUT2D eigenvalue weighted by Crippen LogP contribution is 2.13. The molecule has 3 N–H and O–H groups in total. The highest BCUT2D eigenvalue weighted by Gasteiger charge is 2.17. The monoisotopic (exact) mass is 521 g/mol. The fourth-order valence-corrected chi connectivity index (χ4v) is 4.65. The Morgan fingerprint density at radius 2 is 1.08 bits per heavy atom. The Morgan fingerprint density at radius 3 is 1.59 bits per heavy atom. The van der Waals surface area contributed by atoms with Gasteiger partial charge in [-0.05, 0) is 38.5 Å². The van der Waals surface area contributed by atoms with E-state index in [-0.39, 0.29) is 12.5 Å². The first kappa shape index (κ1) is 35.9. The van der Waals surface area contributed by atoms with E-state index in [1.165, 1.54) is 103 Å². The van der Waals surface area contributed by atoms with Crippen LogP contribution in [-0.4, -0.2) is 34.9 Å². The maximum absolute atomic E-state index is 12.2. The van der Waals surface area contributed by atoms with Crippen molar-refractivity contribution in [3.8, 4) is 0 Å². The quantitative estimate of drug-likeness (QED) is 0.0711. The number of amides is 1. The van der Waals surface area contributed by atoms with Crippen molar-refractivity contribution in [2.75, 3.05) is 6.61 Å². The van der Waals surface area contributed by atoms with Gasteiger partial charge in [-0.25, -0.2) is 0 Å². The van der Waals surface area contributed by atoms with E-state index in [1.807, 2.05) is 6.08 Å². The molecule has 2 atom stereocenters. The van der Waals surface area contributed by atoms with Crippen molar-refractivity contribution in [2.24, 2.45) is 0 Å². The standard InChI is InChI=1S/C33H63NO3/c1-3-5-7-9-11-13-15-16-17-18-19-20-22-24-26-28-32(36)31(30-35)34-33(37)29-27-25-23-21-14-12-10-8-6-4-2/h8,10,26,28,31-32,35-36H,3-7,9,11-25,27,29-30H2,1-2H3,(H,34,37)/b10-8-,28-26+. The minimum atomic E-state index is -0.836. The van der Waals surface area contributed by atoms with Gasteiger partial charge in [-0.2, -0.15) is 0 Å². The summed E-state index contributed by atoms with van der Waals surface area (Å²) in [4.78, 5) is 12.2. The van der Waals surface area contributed by atoms with Gasteiger partial charge >= 0.3 is 0 Å². The second-order valence-electron chi connectivity index (χ2n) is 10.9. The third-order valence-corrected chi connectivity index (χ3v) is 7.16. The minimum Gasteiger partial charge on any atom is -0.394 e. The zero-order valence-electron chi connectivity index (χ0n) is 24.7. The SMILES string of the molecule is CCC/C=C\CCCCCCCC(=O)NC(CO)C(O)/C=C/CCCCCCCCCCCCCCC. The molecule has 0 aliphatic heterocycles. The second kappa shape index (κ2) is 29.4. The van der Waals surface area contributed by atoms with Gasteiger partial charge in [-0.15, -0.1) is 0 Å². The van der Waals surface area contributed by atoms with E-state index in [0.29, 0.717) is 6.42 Å². The van der Waals surface area contributed by atoms with Crippen LogP contribution in [0.4, 0.5) is 0 Å². The second-order valence-corrected chi connectivity index (χ2v) is 10.9. The third kappa shape index (κ3) is 26.3. The maximum atomic E-state index is 12.2. The Morgan fingerprint density at radius 1 is 0.622 bits per heavy atom. The Balaban J connectivity index is 3.66. The van der Waals surface area contributed by atoms with Gasteiger partial charge in [0.2, 0.25) is 5.91 Å². The molecular formula is C33H63NO3. The van der Waals surface area contributed by atoms with Gasteiger partial charge in [0.15, 0.2) is 0 Å². The van der Waals surface area contributed by atoms with E-state index in [2.05, 4.69) is 31.3 Å². The summed E-state index contributed by atoms with van der Waals surface area (Å²) >= 11 is 0. The van der Waals surface area contributed by atoms with Gasteiger partial charge in [0, 0.05) is 6.42 Å². The molecule has 218 valence electrons. The number of aliphatic hydroxyl groups is 2. The zero-order valence-corrected chi connectivity index (χ0v) is 24.7. The van der Waals surface area contributed by atoms with Crippen molar-refractivity contribution >= 4 is 5.91 Å². The molecule has 0 fully saturated rings. The summed E-state index contributed by atoms with van der Waals surface area (Å²) in [6.45, 7) is 4.22. The van der Waals surface area contributed by atoms with Crippen LogP contribution < -0.4 is 5.32 Å². The highest BCUT2D eigenvalue weighted by atomic mass is 16.3. The predicted molar refractivity (Wildman–Crippen MR) is 161 cm³/mol. The summed E-state index contributed by atoms with van der Waals surface area (Å²) in [5, 5.41) is 22.7. The average Bonchev–Trinajstić information content (AvgIpc) is 2.90. The Bertz CT molecular complexity index is 532. The van der Waals surface area contributed by atoms with Crippen LogP contribution >= 0.6 is 0 Å². The van der Waals surface area contributed by atoms with Crippen molar-refractivity contribution in [2.45, 2.75) is 174 Å². The van der Waals surface area contributed by atoms with Crippen molar-refractivity contribution in [1.82, 2.24) is 5.32 Å². The maximum Gasteiger partial charge on any atom is 0.220 e. The first-order valence-corrected chi connectivity index (χ1v) is 16.1. The third-order valence-electron chi connectivity index (χ3n) is 7.16. The molecule has 1 amide bonds. The zero-order chi connectivity index (χ0) is 27.2. The molecule has 4 nitrogen and oxygen atoms in total. The van der Waals surface area contributed by atoms with E-state index < -0.39 is 12.1 Å². The molecule has 0 aromatic heterocycles. The van der Waals surface area contributed by atoms with E-state index in [4.69, 9.17) is 0 Å². The number of unbranched alkanes of at least 4 members (excludes halogenated alkanes) is 19. The fourth-order valence-electron chi connectivity index (χ4n) is 4.65. The first-order chi connectivity index (χ1) is 18.2. The van der Waals surface area contributed by atoms with Gasteiger partial charge in [-0.3, -0.25) is 4.79 Å². The number of carbonyl (C=O) groups excluding carboxylic acids is 1. The van der Waals surface area contributed by atoms with E-state index in [0.717, 1.165) is 38.5 Å². The lowest BCUT2D eigenvalue weighted by molar-refractivity contribution is -0.123. The number of aliphatic hydroxyl groups excluding tert-OH is 2. The molecule has 0 aliphatic carbocycles. The van der Waals surface area contributed by atoms with Crippen LogP contribution in [0.3, 0.4) is 0 Å². The largest absolute Gasteiger partial charge is 0.394 e. The molecule has 0 heterocycles. The van der Waals surface area contributed by atoms with Crippen LogP contribution in [-0.2, 0) is 4.79 Å². The number of rotatable bonds is 28. The van der Waals surface area contributed by atoms with Crippen LogP contribution in [0.1, 0.15) is 162 Å². The molecule has 0 bridgehead atoms. The first-order valence-electron chi connectivity index (χ1n) is 16.1. The molecule has 0 spiro atoms. The molecular weight excluding hydrogens is 458 g/mol. The summed E-state index contributed by atoms with van der Waals surface area (Å²) < 4.78 is 0. The molecule has 0 saturated heterocycles. The van der Waals surface area contributed by atoms with Crippen molar-refractivity contribution in [3.63, 3.8) is 0 Å². The van der Waals surface area contributed by atoms with Crippen LogP contribution in [0, 0.1) is 0 Å². The highest BCUT2D eigenvalue weighted by molar-refractivity contribution is 5.76. The molecule has 0 rings (SSSR count). The van der Waals surface area contributed by atoms with Crippen LogP contribution in [0.15, 0.2) is 24.3 Å². The molecule has 0 aliphatic rings. The normalized spacial score (nSPS) is 13.5. The lowest BCUT2D eigenvalue weighted by Gasteiger charge is -2.20. The van der Waals surface area contributed by atoms with Gasteiger partial charge in [-0.1, -0.05) is 141 Å². The Hall–Kier alpha value is -1.13.